The molecule has 0 heteroatoms. The topological polar surface area (TPSA) is 0 Å². The van der Waals surface area contributed by atoms with Crippen molar-refractivity contribution in [1.29, 1.82) is 0 Å². The van der Waals surface area contributed by atoms with Crippen LogP contribution >= 0.6 is 0 Å². The molecule has 0 amide bonds. The van der Waals surface area contributed by atoms with Gasteiger partial charge in [0.05, 0.1) is 0 Å². The monoisotopic (exact) mass is 622 g/mol. The number of benzene rings is 9. The highest BCUT2D eigenvalue weighted by atomic mass is 14.4. The Balaban J connectivity index is 0.991. The molecule has 0 aromatic heterocycles. The van der Waals surface area contributed by atoms with Gasteiger partial charge in [0.15, 0.2) is 0 Å². The molecule has 0 radical (unpaired) electrons. The minimum absolute atomic E-state index is 0.0505. The number of fused-ring (bicyclic) bond motifs is 7. The minimum atomic E-state index is -0.0505. The number of hydrogen-bond acceptors (Lipinski definition) is 0. The van der Waals surface area contributed by atoms with Crippen molar-refractivity contribution >= 4 is 43.1 Å². The van der Waals surface area contributed by atoms with E-state index in [1.807, 2.05) is 0 Å². The van der Waals surface area contributed by atoms with Crippen LogP contribution in [0.1, 0.15) is 25.0 Å². The van der Waals surface area contributed by atoms with E-state index < -0.39 is 0 Å². The molecule has 0 atom stereocenters. The Labute approximate surface area is 286 Å². The number of rotatable bonds is 3. The molecule has 1 aliphatic rings. The second-order valence-electron chi connectivity index (χ2n) is 14.2. The van der Waals surface area contributed by atoms with E-state index in [0.29, 0.717) is 0 Å². The van der Waals surface area contributed by atoms with Crippen LogP contribution in [0.3, 0.4) is 0 Å². The Bertz CT molecular complexity index is 2800. The van der Waals surface area contributed by atoms with E-state index in [1.54, 1.807) is 0 Å². The van der Waals surface area contributed by atoms with Crippen molar-refractivity contribution < 1.29 is 0 Å². The first-order chi connectivity index (χ1) is 24.0. The highest BCUT2D eigenvalue weighted by Crippen LogP contribution is 2.51. The largest absolute Gasteiger partial charge is 0.0616 e. The molecule has 9 aromatic rings. The van der Waals surface area contributed by atoms with Crippen molar-refractivity contribution in [2.75, 3.05) is 0 Å². The van der Waals surface area contributed by atoms with Crippen LogP contribution in [0.25, 0.3) is 87.6 Å². The van der Waals surface area contributed by atoms with Crippen LogP contribution in [-0.4, -0.2) is 0 Å². The normalized spacial score (nSPS) is 13.3. The van der Waals surface area contributed by atoms with Gasteiger partial charge in [-0.15, -0.1) is 0 Å². The average molecular weight is 623 g/mol. The van der Waals surface area contributed by atoms with Crippen molar-refractivity contribution in [2.45, 2.75) is 19.3 Å². The van der Waals surface area contributed by atoms with E-state index in [2.05, 4.69) is 184 Å². The summed E-state index contributed by atoms with van der Waals surface area (Å²) in [6.07, 6.45) is 0. The van der Waals surface area contributed by atoms with E-state index in [-0.39, 0.29) is 5.41 Å². The van der Waals surface area contributed by atoms with Gasteiger partial charge in [-0.25, -0.2) is 0 Å². The van der Waals surface area contributed by atoms with Gasteiger partial charge < -0.3 is 0 Å². The first kappa shape index (κ1) is 28.1. The van der Waals surface area contributed by atoms with Crippen molar-refractivity contribution in [1.82, 2.24) is 0 Å². The molecule has 0 nitrogen and oxygen atoms in total. The van der Waals surface area contributed by atoms with E-state index in [9.17, 15) is 0 Å². The lowest BCUT2D eigenvalue weighted by Crippen LogP contribution is -2.14. The second-order valence-corrected chi connectivity index (χ2v) is 14.2. The zero-order valence-electron chi connectivity index (χ0n) is 27.7. The Morgan fingerprint density at radius 1 is 0.265 bits per heavy atom. The molecule has 1 aliphatic carbocycles. The zero-order valence-corrected chi connectivity index (χ0v) is 27.7. The molecule has 0 fully saturated rings. The highest BCUT2D eigenvalue weighted by Gasteiger charge is 2.36. The molecule has 9 aromatic carbocycles. The average Bonchev–Trinajstić information content (AvgIpc) is 3.36. The molecule has 0 N–H and O–H groups in total. The first-order valence-electron chi connectivity index (χ1n) is 17.2. The maximum absolute atomic E-state index is 2.44. The summed E-state index contributed by atoms with van der Waals surface area (Å²) in [6.45, 7) is 4.75. The molecule has 0 bridgehead atoms. The van der Waals surface area contributed by atoms with Gasteiger partial charge in [0.25, 0.3) is 0 Å². The van der Waals surface area contributed by atoms with Crippen LogP contribution < -0.4 is 0 Å². The van der Waals surface area contributed by atoms with Crippen LogP contribution in [0.15, 0.2) is 170 Å². The molecule has 10 rings (SSSR count). The second kappa shape index (κ2) is 10.5. The van der Waals surface area contributed by atoms with Crippen LogP contribution in [0.4, 0.5) is 0 Å². The van der Waals surface area contributed by atoms with E-state index in [0.717, 1.165) is 0 Å². The predicted molar refractivity (Wildman–Crippen MR) is 210 cm³/mol. The van der Waals surface area contributed by atoms with Crippen LogP contribution in [0, 0.1) is 0 Å². The predicted octanol–water partition coefficient (Wildman–Crippen LogP) is 13.6. The van der Waals surface area contributed by atoms with Gasteiger partial charge >= 0.3 is 0 Å². The summed E-state index contributed by atoms with van der Waals surface area (Å²) in [5.41, 5.74) is 13.0. The third kappa shape index (κ3) is 4.52. The minimum Gasteiger partial charge on any atom is -0.0616 e. The summed E-state index contributed by atoms with van der Waals surface area (Å²) in [4.78, 5) is 0. The quantitative estimate of drug-likeness (QED) is 0.184. The smallest absolute Gasteiger partial charge is 0.0159 e. The molecule has 0 heterocycles. The van der Waals surface area contributed by atoms with Crippen molar-refractivity contribution in [2.24, 2.45) is 0 Å². The summed E-state index contributed by atoms with van der Waals surface area (Å²) in [7, 11) is 0. The summed E-state index contributed by atoms with van der Waals surface area (Å²) in [5, 5.41) is 10.2. The Kier molecular flexibility index (Phi) is 6.02. The van der Waals surface area contributed by atoms with E-state index in [4.69, 9.17) is 0 Å². The maximum atomic E-state index is 2.44. The molecular weight excluding hydrogens is 589 g/mol. The third-order valence-electron chi connectivity index (χ3n) is 11.0. The van der Waals surface area contributed by atoms with Gasteiger partial charge in [0.1, 0.15) is 0 Å². The van der Waals surface area contributed by atoms with Crippen LogP contribution in [-0.2, 0) is 5.41 Å². The molecule has 49 heavy (non-hydrogen) atoms. The molecule has 0 aliphatic heterocycles. The van der Waals surface area contributed by atoms with Gasteiger partial charge in [-0.3, -0.25) is 0 Å². The lowest BCUT2D eigenvalue weighted by Gasteiger charge is -2.22. The SMILES string of the molecule is CC1(C)c2cc3ccccc3cc2-c2cc3ccc(-c4cccc(-c5ccc6cc(-c7ccc8ccccc8c7)ccc6c5)c4)cc3cc21. The van der Waals surface area contributed by atoms with Crippen molar-refractivity contribution in [3.8, 4) is 44.5 Å². The molecular formula is C49H34. The standard InChI is InChI=1S/C49H34/c1-49(2)47-29-36-11-6-5-10-35(36)27-45(47)46-28-43-21-20-42(26-44(43)30-48(46)49)34-13-7-12-33(23-34)37-16-17-41-25-40(19-18-39(41)24-37)38-15-14-31-8-3-4-9-32(31)22-38/h3-30H,1-2H3. The van der Waals surface area contributed by atoms with Gasteiger partial charge in [-0.2, -0.15) is 0 Å². The van der Waals surface area contributed by atoms with Crippen molar-refractivity contribution in [3.05, 3.63) is 181 Å². The van der Waals surface area contributed by atoms with Gasteiger partial charge in [0.2, 0.25) is 0 Å². The van der Waals surface area contributed by atoms with Crippen molar-refractivity contribution in [3.63, 3.8) is 0 Å². The summed E-state index contributed by atoms with van der Waals surface area (Å²) >= 11 is 0. The summed E-state index contributed by atoms with van der Waals surface area (Å²) in [6, 6.07) is 63.3. The van der Waals surface area contributed by atoms with Crippen LogP contribution in [0.2, 0.25) is 0 Å². The van der Waals surface area contributed by atoms with Gasteiger partial charge in [0, 0.05) is 5.41 Å². The highest BCUT2D eigenvalue weighted by molar-refractivity contribution is 5.99. The van der Waals surface area contributed by atoms with E-state index >= 15 is 0 Å². The van der Waals surface area contributed by atoms with Gasteiger partial charge in [-0.05, 0) is 153 Å². The Morgan fingerprint density at radius 3 is 1.14 bits per heavy atom. The molecule has 0 unspecified atom stereocenters. The fourth-order valence-electron chi connectivity index (χ4n) is 8.19. The summed E-state index contributed by atoms with van der Waals surface area (Å²) < 4.78 is 0. The van der Waals surface area contributed by atoms with Crippen LogP contribution in [0.5, 0.6) is 0 Å². The molecule has 0 spiro atoms. The lowest BCUT2D eigenvalue weighted by atomic mass is 9.81. The molecule has 0 saturated heterocycles. The van der Waals surface area contributed by atoms with Gasteiger partial charge in [-0.1, -0.05) is 129 Å². The maximum Gasteiger partial charge on any atom is 0.0159 e. The Morgan fingerprint density at radius 2 is 0.612 bits per heavy atom. The zero-order chi connectivity index (χ0) is 32.7. The summed E-state index contributed by atoms with van der Waals surface area (Å²) in [5.74, 6) is 0. The number of hydrogen-bond donors (Lipinski definition) is 0. The lowest BCUT2D eigenvalue weighted by molar-refractivity contribution is 0.662. The fourth-order valence-corrected chi connectivity index (χ4v) is 8.19. The Hall–Kier alpha value is -5.98. The first-order valence-corrected chi connectivity index (χ1v) is 17.2. The molecule has 0 saturated carbocycles. The molecule has 230 valence electrons. The third-order valence-corrected chi connectivity index (χ3v) is 11.0. The van der Waals surface area contributed by atoms with E-state index in [1.165, 1.54) is 98.7 Å². The fraction of sp³-hybridized carbons (Fsp3) is 0.0612.